The Hall–Kier alpha value is -1.07. The summed E-state index contributed by atoms with van der Waals surface area (Å²) >= 11 is 3.37. The number of hydrogen-bond donors (Lipinski definition) is 2. The second kappa shape index (κ2) is 8.97. The van der Waals surface area contributed by atoms with Crippen LogP contribution in [0.15, 0.2) is 28.7 Å². The molecule has 20 heavy (non-hydrogen) atoms. The van der Waals surface area contributed by atoms with E-state index in [-0.39, 0.29) is 11.9 Å². The molecular formula is C15H23BrN2O2. The van der Waals surface area contributed by atoms with E-state index in [0.717, 1.165) is 10.2 Å². The van der Waals surface area contributed by atoms with Gasteiger partial charge in [0.1, 0.15) is 12.4 Å². The van der Waals surface area contributed by atoms with Crippen molar-refractivity contribution in [3.05, 3.63) is 28.7 Å². The molecule has 5 heteroatoms. The van der Waals surface area contributed by atoms with E-state index in [2.05, 4.69) is 40.4 Å². The van der Waals surface area contributed by atoms with Crippen LogP contribution in [-0.4, -0.2) is 31.6 Å². The van der Waals surface area contributed by atoms with Crippen LogP contribution in [0, 0.1) is 5.92 Å². The summed E-state index contributed by atoms with van der Waals surface area (Å²) in [7, 11) is 0. The standard InChI is InChI=1S/C15H23BrN2O2/c1-11(2)10-18-15(19)12(3)17-8-9-20-14-6-4-13(16)5-7-14/h4-7,11-12,17H,8-10H2,1-3H3,(H,18,19). The molecule has 4 nitrogen and oxygen atoms in total. The van der Waals surface area contributed by atoms with Gasteiger partial charge in [0.2, 0.25) is 5.91 Å². The predicted molar refractivity (Wildman–Crippen MR) is 84.9 cm³/mol. The smallest absolute Gasteiger partial charge is 0.236 e. The minimum atomic E-state index is -0.206. The molecule has 112 valence electrons. The molecule has 0 heterocycles. The van der Waals surface area contributed by atoms with E-state index in [1.165, 1.54) is 0 Å². The second-order valence-electron chi connectivity index (χ2n) is 5.12. The van der Waals surface area contributed by atoms with Gasteiger partial charge in [-0.1, -0.05) is 29.8 Å². The summed E-state index contributed by atoms with van der Waals surface area (Å²) in [6.07, 6.45) is 0. The summed E-state index contributed by atoms with van der Waals surface area (Å²) in [6.45, 7) is 7.88. The van der Waals surface area contributed by atoms with Crippen molar-refractivity contribution in [3.8, 4) is 5.75 Å². The van der Waals surface area contributed by atoms with Gasteiger partial charge in [-0.2, -0.15) is 0 Å². The lowest BCUT2D eigenvalue weighted by molar-refractivity contribution is -0.122. The maximum Gasteiger partial charge on any atom is 0.236 e. The molecule has 0 fully saturated rings. The Labute approximate surface area is 129 Å². The SMILES string of the molecule is CC(C)CNC(=O)C(C)NCCOc1ccc(Br)cc1. The van der Waals surface area contributed by atoms with Gasteiger partial charge >= 0.3 is 0 Å². The number of benzene rings is 1. The van der Waals surface area contributed by atoms with E-state index in [0.29, 0.717) is 25.6 Å². The maximum absolute atomic E-state index is 11.7. The molecule has 0 bridgehead atoms. The van der Waals surface area contributed by atoms with Crippen LogP contribution >= 0.6 is 15.9 Å². The summed E-state index contributed by atoms with van der Waals surface area (Å²) in [5.74, 6) is 1.32. The van der Waals surface area contributed by atoms with Crippen molar-refractivity contribution in [2.24, 2.45) is 5.92 Å². The molecule has 1 amide bonds. The molecule has 0 aromatic heterocycles. The van der Waals surface area contributed by atoms with Crippen LogP contribution in [0.25, 0.3) is 0 Å². The number of nitrogens with one attached hydrogen (secondary N) is 2. The van der Waals surface area contributed by atoms with Gasteiger partial charge in [0.05, 0.1) is 6.04 Å². The van der Waals surface area contributed by atoms with Gasteiger partial charge in [-0.3, -0.25) is 4.79 Å². The number of rotatable bonds is 8. The molecular weight excluding hydrogens is 320 g/mol. The number of halogens is 1. The first-order valence-corrected chi connectivity index (χ1v) is 7.68. The highest BCUT2D eigenvalue weighted by molar-refractivity contribution is 9.10. The molecule has 1 aromatic carbocycles. The Morgan fingerprint density at radius 2 is 1.90 bits per heavy atom. The second-order valence-corrected chi connectivity index (χ2v) is 6.03. The van der Waals surface area contributed by atoms with E-state index < -0.39 is 0 Å². The largest absolute Gasteiger partial charge is 0.492 e. The van der Waals surface area contributed by atoms with Gasteiger partial charge in [0, 0.05) is 17.6 Å². The van der Waals surface area contributed by atoms with Crippen LogP contribution in [0.4, 0.5) is 0 Å². The zero-order chi connectivity index (χ0) is 15.0. The highest BCUT2D eigenvalue weighted by Crippen LogP contribution is 2.15. The summed E-state index contributed by atoms with van der Waals surface area (Å²) < 4.78 is 6.60. The topological polar surface area (TPSA) is 50.4 Å². The molecule has 0 aliphatic heterocycles. The van der Waals surface area contributed by atoms with Crippen LogP contribution in [0.5, 0.6) is 5.75 Å². The van der Waals surface area contributed by atoms with Crippen molar-refractivity contribution in [1.29, 1.82) is 0 Å². The maximum atomic E-state index is 11.7. The lowest BCUT2D eigenvalue weighted by Crippen LogP contribution is -2.44. The van der Waals surface area contributed by atoms with Crippen molar-refractivity contribution >= 4 is 21.8 Å². The zero-order valence-corrected chi connectivity index (χ0v) is 13.9. The summed E-state index contributed by atoms with van der Waals surface area (Å²) in [5, 5.41) is 6.04. The fraction of sp³-hybridized carbons (Fsp3) is 0.533. The summed E-state index contributed by atoms with van der Waals surface area (Å²) in [6, 6.07) is 7.48. The van der Waals surface area contributed by atoms with Crippen molar-refractivity contribution < 1.29 is 9.53 Å². The first-order chi connectivity index (χ1) is 9.49. The molecule has 2 N–H and O–H groups in total. The van der Waals surface area contributed by atoms with Crippen LogP contribution in [-0.2, 0) is 4.79 Å². The third-order valence-electron chi connectivity index (χ3n) is 2.71. The molecule has 1 aromatic rings. The van der Waals surface area contributed by atoms with Gasteiger partial charge in [-0.05, 0) is 37.1 Å². The molecule has 0 aliphatic carbocycles. The van der Waals surface area contributed by atoms with E-state index in [4.69, 9.17) is 4.74 Å². The molecule has 1 rings (SSSR count). The van der Waals surface area contributed by atoms with E-state index in [9.17, 15) is 4.79 Å². The quantitative estimate of drug-likeness (QED) is 0.714. The van der Waals surface area contributed by atoms with Crippen molar-refractivity contribution in [1.82, 2.24) is 10.6 Å². The van der Waals surface area contributed by atoms with Crippen LogP contribution < -0.4 is 15.4 Å². The number of amides is 1. The third-order valence-corrected chi connectivity index (χ3v) is 3.24. The molecule has 1 atom stereocenters. The molecule has 0 spiro atoms. The van der Waals surface area contributed by atoms with Gasteiger partial charge in [0.25, 0.3) is 0 Å². The number of hydrogen-bond acceptors (Lipinski definition) is 3. The fourth-order valence-corrected chi connectivity index (χ4v) is 1.79. The Balaban J connectivity index is 2.16. The Kier molecular flexibility index (Phi) is 7.62. The minimum absolute atomic E-state index is 0.0299. The lowest BCUT2D eigenvalue weighted by atomic mass is 10.2. The van der Waals surface area contributed by atoms with Crippen LogP contribution in [0.3, 0.4) is 0 Å². The highest BCUT2D eigenvalue weighted by Gasteiger charge is 2.11. The molecule has 0 saturated carbocycles. The molecule has 1 unspecified atom stereocenters. The predicted octanol–water partition coefficient (Wildman–Crippen LogP) is 2.58. The Bertz CT molecular complexity index is 407. The summed E-state index contributed by atoms with van der Waals surface area (Å²) in [4.78, 5) is 11.7. The van der Waals surface area contributed by atoms with Crippen molar-refractivity contribution in [2.75, 3.05) is 19.7 Å². The van der Waals surface area contributed by atoms with Crippen molar-refractivity contribution in [2.45, 2.75) is 26.8 Å². The molecule has 0 saturated heterocycles. The van der Waals surface area contributed by atoms with Gasteiger partial charge < -0.3 is 15.4 Å². The van der Waals surface area contributed by atoms with Crippen LogP contribution in [0.2, 0.25) is 0 Å². The van der Waals surface area contributed by atoms with Crippen LogP contribution in [0.1, 0.15) is 20.8 Å². The zero-order valence-electron chi connectivity index (χ0n) is 12.3. The number of ether oxygens (including phenoxy) is 1. The number of carbonyl (C=O) groups excluding carboxylic acids is 1. The van der Waals surface area contributed by atoms with E-state index >= 15 is 0 Å². The average Bonchev–Trinajstić information content (AvgIpc) is 2.42. The van der Waals surface area contributed by atoms with Gasteiger partial charge in [0.15, 0.2) is 0 Å². The normalized spacial score (nSPS) is 12.2. The molecule has 0 radical (unpaired) electrons. The van der Waals surface area contributed by atoms with E-state index in [1.807, 2.05) is 31.2 Å². The number of carbonyl (C=O) groups is 1. The average molecular weight is 343 g/mol. The first-order valence-electron chi connectivity index (χ1n) is 6.88. The Morgan fingerprint density at radius 1 is 1.25 bits per heavy atom. The first kappa shape index (κ1) is 17.0. The summed E-state index contributed by atoms with van der Waals surface area (Å²) in [5.41, 5.74) is 0. The monoisotopic (exact) mass is 342 g/mol. The Morgan fingerprint density at radius 3 is 2.50 bits per heavy atom. The van der Waals surface area contributed by atoms with Crippen molar-refractivity contribution in [3.63, 3.8) is 0 Å². The van der Waals surface area contributed by atoms with Gasteiger partial charge in [-0.15, -0.1) is 0 Å². The minimum Gasteiger partial charge on any atom is -0.492 e. The van der Waals surface area contributed by atoms with Gasteiger partial charge in [-0.25, -0.2) is 0 Å². The van der Waals surface area contributed by atoms with E-state index in [1.54, 1.807) is 0 Å². The lowest BCUT2D eigenvalue weighted by Gasteiger charge is -2.15. The molecule has 0 aliphatic rings. The highest BCUT2D eigenvalue weighted by atomic mass is 79.9. The third kappa shape index (κ3) is 6.91. The fourth-order valence-electron chi connectivity index (χ4n) is 1.53.